The second-order valence-corrected chi connectivity index (χ2v) is 3.24. The monoisotopic (exact) mass is 164 g/mol. The normalized spacial score (nSPS) is 32.0. The van der Waals surface area contributed by atoms with Crippen LogP contribution in [0.25, 0.3) is 0 Å². The number of morpholine rings is 1. The molecule has 0 aromatic carbocycles. The summed E-state index contributed by atoms with van der Waals surface area (Å²) in [6.45, 7) is 3.34. The van der Waals surface area contributed by atoms with Gasteiger partial charge < -0.3 is 9.29 Å². The third kappa shape index (κ3) is 2.02. The molecule has 0 aromatic heterocycles. The summed E-state index contributed by atoms with van der Waals surface area (Å²) < 4.78 is 27.3. The maximum atomic E-state index is 10.4. The first kappa shape index (κ1) is 8.13. The largest absolute Gasteiger partial charge is 0.760 e. The second kappa shape index (κ2) is 3.43. The summed E-state index contributed by atoms with van der Waals surface area (Å²) in [5.41, 5.74) is 0. The van der Waals surface area contributed by atoms with Crippen LogP contribution in [0.5, 0.6) is 0 Å². The van der Waals surface area contributed by atoms with Crippen LogP contribution in [0.2, 0.25) is 0 Å². The van der Waals surface area contributed by atoms with Gasteiger partial charge in [-0.25, -0.2) is 4.31 Å². The van der Waals surface area contributed by atoms with Gasteiger partial charge in [0.05, 0.1) is 12.7 Å². The summed E-state index contributed by atoms with van der Waals surface area (Å²) in [6.07, 6.45) is 0.0339. The summed E-state index contributed by atoms with van der Waals surface area (Å²) in [6, 6.07) is 0. The first-order chi connectivity index (χ1) is 4.70. The van der Waals surface area contributed by atoms with Gasteiger partial charge in [-0.15, -0.1) is 0 Å². The minimum Gasteiger partial charge on any atom is -0.760 e. The Morgan fingerprint density at radius 2 is 2.50 bits per heavy atom. The zero-order valence-electron chi connectivity index (χ0n) is 5.78. The molecule has 4 nitrogen and oxygen atoms in total. The molecule has 60 valence electrons. The molecule has 1 heterocycles. The lowest BCUT2D eigenvalue weighted by molar-refractivity contribution is 0.00957. The minimum absolute atomic E-state index is 0.0339. The standard InChI is InChI=1S/C5H11NO3S/c1-5-4-6(10(7)8)2-3-9-5/h5H,2-4H2,1H3,(H,7,8)/p-1. The van der Waals surface area contributed by atoms with Crippen molar-refractivity contribution in [1.29, 1.82) is 0 Å². The number of rotatable bonds is 1. The predicted molar refractivity (Wildman–Crippen MR) is 35.9 cm³/mol. The Bertz CT molecular complexity index is 141. The average Bonchev–Trinajstić information content (AvgIpc) is 1.88. The molecule has 1 fully saturated rings. The number of hydrogen-bond acceptors (Lipinski definition) is 3. The summed E-state index contributed by atoms with van der Waals surface area (Å²) in [5, 5.41) is 0. The van der Waals surface area contributed by atoms with E-state index in [0.717, 1.165) is 0 Å². The first-order valence-electron chi connectivity index (χ1n) is 3.16. The Hall–Kier alpha value is 0.0300. The lowest BCUT2D eigenvalue weighted by atomic mass is 10.3. The molecule has 0 aromatic rings. The van der Waals surface area contributed by atoms with Crippen molar-refractivity contribution in [2.24, 2.45) is 0 Å². The zero-order chi connectivity index (χ0) is 7.56. The van der Waals surface area contributed by atoms with Gasteiger partial charge in [-0.3, -0.25) is 4.21 Å². The first-order valence-corrected chi connectivity index (χ1v) is 4.19. The van der Waals surface area contributed by atoms with Crippen LogP contribution in [0.1, 0.15) is 6.92 Å². The quantitative estimate of drug-likeness (QED) is 0.491. The maximum absolute atomic E-state index is 10.4. The highest BCUT2D eigenvalue weighted by Crippen LogP contribution is 2.04. The second-order valence-electron chi connectivity index (χ2n) is 2.29. The molecular formula is C5H10NO3S-. The molecule has 0 amide bonds. The molecule has 5 heteroatoms. The molecule has 0 N–H and O–H groups in total. The SMILES string of the molecule is CC1CN(S(=O)[O-])CCO1. The van der Waals surface area contributed by atoms with E-state index in [4.69, 9.17) is 4.74 Å². The highest BCUT2D eigenvalue weighted by atomic mass is 32.2. The van der Waals surface area contributed by atoms with E-state index in [2.05, 4.69) is 0 Å². The molecule has 0 saturated carbocycles. The molecule has 0 radical (unpaired) electrons. The van der Waals surface area contributed by atoms with Gasteiger partial charge in [0.25, 0.3) is 0 Å². The Labute approximate surface area is 62.6 Å². The fourth-order valence-corrected chi connectivity index (χ4v) is 1.48. The highest BCUT2D eigenvalue weighted by Gasteiger charge is 2.16. The molecule has 0 spiro atoms. The Morgan fingerprint density at radius 3 is 2.90 bits per heavy atom. The molecule has 1 saturated heterocycles. The summed E-state index contributed by atoms with van der Waals surface area (Å²) in [4.78, 5) is 0. The van der Waals surface area contributed by atoms with Gasteiger partial charge in [0.15, 0.2) is 0 Å². The van der Waals surface area contributed by atoms with Gasteiger partial charge in [0.1, 0.15) is 0 Å². The smallest absolute Gasteiger partial charge is 0.0684 e. The van der Waals surface area contributed by atoms with Crippen molar-refractivity contribution in [2.45, 2.75) is 13.0 Å². The molecule has 0 aliphatic carbocycles. The van der Waals surface area contributed by atoms with Crippen molar-refractivity contribution >= 4 is 11.3 Å². The minimum atomic E-state index is -2.07. The lowest BCUT2D eigenvalue weighted by Gasteiger charge is -2.31. The predicted octanol–water partition coefficient (Wildman–Crippen LogP) is -0.499. The van der Waals surface area contributed by atoms with Crippen molar-refractivity contribution in [3.8, 4) is 0 Å². The Morgan fingerprint density at radius 1 is 1.80 bits per heavy atom. The molecule has 1 aliphatic heterocycles. The van der Waals surface area contributed by atoms with Crippen LogP contribution in [0.15, 0.2) is 0 Å². The van der Waals surface area contributed by atoms with E-state index in [0.29, 0.717) is 19.7 Å². The number of hydrogen-bond donors (Lipinski definition) is 0. The molecule has 10 heavy (non-hydrogen) atoms. The van der Waals surface area contributed by atoms with Crippen molar-refractivity contribution in [3.63, 3.8) is 0 Å². The third-order valence-electron chi connectivity index (χ3n) is 1.41. The van der Waals surface area contributed by atoms with Gasteiger partial charge in [0.2, 0.25) is 0 Å². The van der Waals surface area contributed by atoms with Crippen LogP contribution in [-0.2, 0) is 16.0 Å². The van der Waals surface area contributed by atoms with Crippen LogP contribution < -0.4 is 0 Å². The Balaban J connectivity index is 2.39. The van der Waals surface area contributed by atoms with Crippen LogP contribution in [0, 0.1) is 0 Å². The van der Waals surface area contributed by atoms with E-state index in [1.165, 1.54) is 4.31 Å². The molecule has 2 atom stereocenters. The lowest BCUT2D eigenvalue weighted by Crippen LogP contribution is -2.41. The summed E-state index contributed by atoms with van der Waals surface area (Å²) in [5.74, 6) is 0. The van der Waals surface area contributed by atoms with Gasteiger partial charge in [-0.1, -0.05) is 0 Å². The highest BCUT2D eigenvalue weighted by molar-refractivity contribution is 7.76. The van der Waals surface area contributed by atoms with E-state index >= 15 is 0 Å². The Kier molecular flexibility index (Phi) is 2.79. The fourth-order valence-electron chi connectivity index (χ4n) is 0.922. The molecule has 0 bridgehead atoms. The van der Waals surface area contributed by atoms with Crippen molar-refractivity contribution in [3.05, 3.63) is 0 Å². The average molecular weight is 164 g/mol. The van der Waals surface area contributed by atoms with Crippen LogP contribution >= 0.6 is 0 Å². The van der Waals surface area contributed by atoms with Crippen molar-refractivity contribution < 1.29 is 13.5 Å². The van der Waals surface area contributed by atoms with Crippen LogP contribution in [0.4, 0.5) is 0 Å². The van der Waals surface area contributed by atoms with E-state index in [-0.39, 0.29) is 6.10 Å². The van der Waals surface area contributed by atoms with E-state index in [9.17, 15) is 8.76 Å². The van der Waals surface area contributed by atoms with E-state index in [1.807, 2.05) is 6.92 Å². The van der Waals surface area contributed by atoms with Gasteiger partial charge in [0, 0.05) is 24.4 Å². The molecular weight excluding hydrogens is 154 g/mol. The van der Waals surface area contributed by atoms with Gasteiger partial charge in [-0.05, 0) is 6.92 Å². The summed E-state index contributed by atoms with van der Waals surface area (Å²) >= 11 is -2.07. The fraction of sp³-hybridized carbons (Fsp3) is 1.00. The van der Waals surface area contributed by atoms with E-state index in [1.54, 1.807) is 0 Å². The van der Waals surface area contributed by atoms with E-state index < -0.39 is 11.3 Å². The molecule has 2 unspecified atom stereocenters. The third-order valence-corrected chi connectivity index (χ3v) is 2.17. The van der Waals surface area contributed by atoms with Gasteiger partial charge >= 0.3 is 0 Å². The van der Waals surface area contributed by atoms with Crippen molar-refractivity contribution in [2.75, 3.05) is 19.7 Å². The number of ether oxygens (including phenoxy) is 1. The van der Waals surface area contributed by atoms with Crippen LogP contribution in [0.3, 0.4) is 0 Å². The maximum Gasteiger partial charge on any atom is 0.0684 e. The van der Waals surface area contributed by atoms with Crippen LogP contribution in [-0.4, -0.2) is 38.9 Å². The summed E-state index contributed by atoms with van der Waals surface area (Å²) in [7, 11) is 0. The zero-order valence-corrected chi connectivity index (χ0v) is 6.60. The molecule has 1 aliphatic rings. The number of nitrogens with zero attached hydrogens (tertiary/aromatic N) is 1. The molecule has 1 rings (SSSR count). The van der Waals surface area contributed by atoms with Crippen molar-refractivity contribution in [1.82, 2.24) is 4.31 Å². The van der Waals surface area contributed by atoms with Gasteiger partial charge in [-0.2, -0.15) is 0 Å². The topological polar surface area (TPSA) is 52.6 Å².